The lowest BCUT2D eigenvalue weighted by molar-refractivity contribution is 0.395. The molecule has 6 heteroatoms. The molecule has 1 atom stereocenters. The molecule has 106 valence electrons. The first-order valence-corrected chi connectivity index (χ1v) is 7.04. The van der Waals surface area contributed by atoms with E-state index in [1.54, 1.807) is 0 Å². The van der Waals surface area contributed by atoms with Gasteiger partial charge in [-0.15, -0.1) is 0 Å². The monoisotopic (exact) mass is 281 g/mol. The fourth-order valence-electron chi connectivity index (χ4n) is 3.02. The van der Waals surface area contributed by atoms with Gasteiger partial charge in [-0.05, 0) is 32.9 Å². The number of nitrogens with two attached hydrogens (primary N) is 1. The van der Waals surface area contributed by atoms with E-state index in [0.29, 0.717) is 10.9 Å². The molecule has 1 aromatic heterocycles. The van der Waals surface area contributed by atoms with E-state index >= 15 is 0 Å². The molecule has 1 fully saturated rings. The average Bonchev–Trinajstić information content (AvgIpc) is 2.82. The SMILES string of the molecule is Cc1nn(C)c(N(C)CC2CCN(C)C2)c1C(N)=S. The van der Waals surface area contributed by atoms with Crippen LogP contribution in [0.1, 0.15) is 17.7 Å². The largest absolute Gasteiger partial charge is 0.389 e. The molecule has 1 unspecified atom stereocenters. The molecule has 5 nitrogen and oxygen atoms in total. The third kappa shape index (κ3) is 2.90. The van der Waals surface area contributed by atoms with E-state index < -0.39 is 0 Å². The van der Waals surface area contributed by atoms with E-state index in [4.69, 9.17) is 18.0 Å². The Morgan fingerprint density at radius 1 is 1.53 bits per heavy atom. The number of hydrogen-bond donors (Lipinski definition) is 1. The zero-order valence-corrected chi connectivity index (χ0v) is 13.0. The lowest BCUT2D eigenvalue weighted by Gasteiger charge is -2.24. The molecule has 0 amide bonds. The van der Waals surface area contributed by atoms with Gasteiger partial charge in [0.1, 0.15) is 10.8 Å². The van der Waals surface area contributed by atoms with Gasteiger partial charge in [-0.2, -0.15) is 5.10 Å². The Labute approximate surface area is 120 Å². The number of aromatic nitrogens is 2. The van der Waals surface area contributed by atoms with E-state index in [1.165, 1.54) is 13.0 Å². The number of likely N-dealkylation sites (tertiary alicyclic amines) is 1. The van der Waals surface area contributed by atoms with Gasteiger partial charge in [0.2, 0.25) is 0 Å². The molecule has 1 aliphatic heterocycles. The van der Waals surface area contributed by atoms with Crippen LogP contribution in [0.4, 0.5) is 5.82 Å². The highest BCUT2D eigenvalue weighted by atomic mass is 32.1. The summed E-state index contributed by atoms with van der Waals surface area (Å²) in [5, 5.41) is 4.44. The van der Waals surface area contributed by atoms with Crippen LogP contribution in [-0.4, -0.2) is 53.4 Å². The van der Waals surface area contributed by atoms with Crippen LogP contribution in [0.2, 0.25) is 0 Å². The topological polar surface area (TPSA) is 50.3 Å². The molecule has 0 radical (unpaired) electrons. The highest BCUT2D eigenvalue weighted by Gasteiger charge is 2.24. The number of hydrogen-bond acceptors (Lipinski definition) is 4. The van der Waals surface area contributed by atoms with E-state index in [2.05, 4.69) is 29.0 Å². The first-order chi connectivity index (χ1) is 8.90. The zero-order valence-electron chi connectivity index (χ0n) is 12.2. The summed E-state index contributed by atoms with van der Waals surface area (Å²) >= 11 is 5.16. The summed E-state index contributed by atoms with van der Waals surface area (Å²) < 4.78 is 1.88. The number of rotatable bonds is 4. The Hall–Kier alpha value is -1.14. The lowest BCUT2D eigenvalue weighted by atomic mass is 10.1. The van der Waals surface area contributed by atoms with Crippen molar-refractivity contribution in [1.82, 2.24) is 14.7 Å². The van der Waals surface area contributed by atoms with Crippen molar-refractivity contribution >= 4 is 23.0 Å². The maximum atomic E-state index is 5.84. The van der Waals surface area contributed by atoms with Crippen molar-refractivity contribution in [1.29, 1.82) is 0 Å². The fraction of sp³-hybridized carbons (Fsp3) is 0.692. The third-order valence-corrected chi connectivity index (χ3v) is 4.03. The van der Waals surface area contributed by atoms with Crippen molar-refractivity contribution in [2.75, 3.05) is 38.6 Å². The summed E-state index contributed by atoms with van der Waals surface area (Å²) in [5.41, 5.74) is 7.65. The molecule has 2 N–H and O–H groups in total. The van der Waals surface area contributed by atoms with E-state index in [1.807, 2.05) is 18.7 Å². The maximum absolute atomic E-state index is 5.84. The highest BCUT2D eigenvalue weighted by molar-refractivity contribution is 7.80. The van der Waals surface area contributed by atoms with Crippen LogP contribution in [0, 0.1) is 12.8 Å². The molecule has 1 saturated heterocycles. The van der Waals surface area contributed by atoms with Crippen LogP contribution in [0.5, 0.6) is 0 Å². The van der Waals surface area contributed by atoms with Crippen LogP contribution in [0.25, 0.3) is 0 Å². The molecule has 0 bridgehead atoms. The molecule has 0 aliphatic carbocycles. The molecule has 1 aromatic rings. The Balaban J connectivity index is 2.19. The normalized spacial score (nSPS) is 19.9. The summed E-state index contributed by atoms with van der Waals surface area (Å²) in [4.78, 5) is 5.04. The van der Waals surface area contributed by atoms with Gasteiger partial charge in [-0.25, -0.2) is 0 Å². The van der Waals surface area contributed by atoms with Crippen LogP contribution in [-0.2, 0) is 7.05 Å². The molecular formula is C13H23N5S. The van der Waals surface area contributed by atoms with Crippen LogP contribution >= 0.6 is 12.2 Å². The van der Waals surface area contributed by atoms with Gasteiger partial charge >= 0.3 is 0 Å². The van der Waals surface area contributed by atoms with Gasteiger partial charge in [0.05, 0.1) is 11.3 Å². The van der Waals surface area contributed by atoms with Crippen molar-refractivity contribution in [3.05, 3.63) is 11.3 Å². The highest BCUT2D eigenvalue weighted by Crippen LogP contribution is 2.24. The van der Waals surface area contributed by atoms with E-state index in [0.717, 1.165) is 30.2 Å². The predicted octanol–water partition coefficient (Wildman–Crippen LogP) is 0.751. The summed E-state index contributed by atoms with van der Waals surface area (Å²) in [6.07, 6.45) is 1.25. The predicted molar refractivity (Wildman–Crippen MR) is 82.7 cm³/mol. The van der Waals surface area contributed by atoms with Crippen molar-refractivity contribution in [3.8, 4) is 0 Å². The van der Waals surface area contributed by atoms with Crippen molar-refractivity contribution < 1.29 is 0 Å². The molecule has 2 heterocycles. The van der Waals surface area contributed by atoms with Crippen molar-refractivity contribution in [2.45, 2.75) is 13.3 Å². The minimum absolute atomic E-state index is 0.427. The number of aryl methyl sites for hydroxylation is 2. The number of thiocarbonyl (C=S) groups is 1. The Morgan fingerprint density at radius 2 is 2.21 bits per heavy atom. The summed E-state index contributed by atoms with van der Waals surface area (Å²) in [5.74, 6) is 1.73. The molecule has 2 rings (SSSR count). The van der Waals surface area contributed by atoms with Crippen molar-refractivity contribution in [2.24, 2.45) is 18.7 Å². The average molecular weight is 281 g/mol. The zero-order chi connectivity index (χ0) is 14.2. The van der Waals surface area contributed by atoms with E-state index in [9.17, 15) is 0 Å². The first kappa shape index (κ1) is 14.3. The second kappa shape index (κ2) is 5.46. The molecule has 0 aromatic carbocycles. The Bertz CT molecular complexity index is 482. The van der Waals surface area contributed by atoms with Gasteiger partial charge in [-0.3, -0.25) is 4.68 Å². The van der Waals surface area contributed by atoms with Crippen LogP contribution < -0.4 is 10.6 Å². The first-order valence-electron chi connectivity index (χ1n) is 6.63. The molecular weight excluding hydrogens is 258 g/mol. The standard InChI is InChI=1S/C13H23N5S/c1-9-11(12(14)19)13(18(4)15-9)17(3)8-10-5-6-16(2)7-10/h10H,5-8H2,1-4H3,(H2,14,19). The van der Waals surface area contributed by atoms with E-state index in [-0.39, 0.29) is 0 Å². The Morgan fingerprint density at radius 3 is 2.74 bits per heavy atom. The third-order valence-electron chi connectivity index (χ3n) is 3.82. The number of nitrogens with zero attached hydrogens (tertiary/aromatic N) is 4. The fourth-order valence-corrected chi connectivity index (χ4v) is 3.26. The van der Waals surface area contributed by atoms with Gasteiger partial charge < -0.3 is 15.5 Å². The minimum Gasteiger partial charge on any atom is -0.389 e. The van der Waals surface area contributed by atoms with Gasteiger partial charge in [0.25, 0.3) is 0 Å². The number of anilines is 1. The van der Waals surface area contributed by atoms with Gasteiger partial charge in [0.15, 0.2) is 0 Å². The second-order valence-electron chi connectivity index (χ2n) is 5.57. The van der Waals surface area contributed by atoms with Crippen molar-refractivity contribution in [3.63, 3.8) is 0 Å². The van der Waals surface area contributed by atoms with Crippen LogP contribution in [0.15, 0.2) is 0 Å². The molecule has 1 aliphatic rings. The van der Waals surface area contributed by atoms with Gasteiger partial charge in [0, 0.05) is 27.2 Å². The lowest BCUT2D eigenvalue weighted by Crippen LogP contribution is -2.30. The molecule has 0 spiro atoms. The quantitative estimate of drug-likeness (QED) is 0.826. The summed E-state index contributed by atoms with van der Waals surface area (Å²) in [6, 6.07) is 0. The molecule has 19 heavy (non-hydrogen) atoms. The Kier molecular flexibility index (Phi) is 4.10. The minimum atomic E-state index is 0.427. The summed E-state index contributed by atoms with van der Waals surface area (Å²) in [6.45, 7) is 5.31. The second-order valence-corrected chi connectivity index (χ2v) is 6.01. The van der Waals surface area contributed by atoms with Crippen LogP contribution in [0.3, 0.4) is 0 Å². The van der Waals surface area contributed by atoms with Gasteiger partial charge in [-0.1, -0.05) is 12.2 Å². The maximum Gasteiger partial charge on any atom is 0.136 e. The summed E-state index contributed by atoms with van der Waals surface area (Å²) in [7, 11) is 6.21. The molecule has 0 saturated carbocycles. The smallest absolute Gasteiger partial charge is 0.136 e.